The molecule has 2 rings (SSSR count). The lowest BCUT2D eigenvalue weighted by Crippen LogP contribution is -2.47. The summed E-state index contributed by atoms with van der Waals surface area (Å²) in [6, 6.07) is 5.79. The van der Waals surface area contributed by atoms with Gasteiger partial charge in [0, 0.05) is 12.8 Å². The number of amides is 1. The molecule has 0 radical (unpaired) electrons. The highest BCUT2D eigenvalue weighted by Crippen LogP contribution is 2.36. The Balaban J connectivity index is 2.07. The van der Waals surface area contributed by atoms with E-state index in [4.69, 9.17) is 9.47 Å². The second kappa shape index (κ2) is 8.02. The summed E-state index contributed by atoms with van der Waals surface area (Å²) < 4.78 is 11.5. The molecular weight excluding hydrogens is 302 g/mol. The maximum absolute atomic E-state index is 12.8. The number of benzene rings is 1. The fourth-order valence-corrected chi connectivity index (χ4v) is 3.38. The minimum absolute atomic E-state index is 0.0354. The van der Waals surface area contributed by atoms with E-state index in [1.54, 1.807) is 7.11 Å². The molecular formula is C20H31NO3. The Morgan fingerprint density at radius 2 is 2.17 bits per heavy atom. The Morgan fingerprint density at radius 1 is 1.42 bits per heavy atom. The number of carbonyl (C=O) groups is 1. The van der Waals surface area contributed by atoms with Crippen LogP contribution in [0.25, 0.3) is 0 Å². The summed E-state index contributed by atoms with van der Waals surface area (Å²) in [4.78, 5) is 12.8. The molecule has 2 atom stereocenters. The average molecular weight is 333 g/mol. The third kappa shape index (κ3) is 4.50. The van der Waals surface area contributed by atoms with E-state index in [-0.39, 0.29) is 5.91 Å². The van der Waals surface area contributed by atoms with Crippen molar-refractivity contribution in [1.29, 1.82) is 0 Å². The molecule has 1 N–H and O–H groups in total. The van der Waals surface area contributed by atoms with Crippen LogP contribution >= 0.6 is 0 Å². The lowest BCUT2D eigenvalue weighted by atomic mass is 9.78. The lowest BCUT2D eigenvalue weighted by Gasteiger charge is -2.37. The minimum atomic E-state index is -0.696. The number of aryl methyl sites for hydroxylation is 1. The highest BCUT2D eigenvalue weighted by atomic mass is 16.5. The van der Waals surface area contributed by atoms with Crippen molar-refractivity contribution in [3.8, 4) is 5.75 Å². The Labute approximate surface area is 145 Å². The van der Waals surface area contributed by atoms with Crippen molar-refractivity contribution in [2.45, 2.75) is 59.0 Å². The van der Waals surface area contributed by atoms with Crippen LogP contribution in [0.4, 0.5) is 5.69 Å². The lowest BCUT2D eigenvalue weighted by molar-refractivity contribution is -0.143. The van der Waals surface area contributed by atoms with Gasteiger partial charge in [-0.05, 0) is 61.8 Å². The zero-order chi connectivity index (χ0) is 17.7. The van der Waals surface area contributed by atoms with E-state index < -0.39 is 5.60 Å². The van der Waals surface area contributed by atoms with Crippen LogP contribution in [0.3, 0.4) is 0 Å². The van der Waals surface area contributed by atoms with Gasteiger partial charge in [0.2, 0.25) is 0 Å². The molecule has 2 unspecified atom stereocenters. The van der Waals surface area contributed by atoms with Crippen LogP contribution in [0.5, 0.6) is 5.75 Å². The molecule has 24 heavy (non-hydrogen) atoms. The SMILES string of the molecule is COC1(C(=O)Nc2ccc(OCC(C)C)c(C)c2)CCCC(C)C1. The first kappa shape index (κ1) is 18.8. The van der Waals surface area contributed by atoms with Gasteiger partial charge in [0.25, 0.3) is 5.91 Å². The first-order valence-corrected chi connectivity index (χ1v) is 8.96. The first-order valence-electron chi connectivity index (χ1n) is 8.96. The van der Waals surface area contributed by atoms with Gasteiger partial charge in [-0.3, -0.25) is 4.79 Å². The topological polar surface area (TPSA) is 47.6 Å². The van der Waals surface area contributed by atoms with Gasteiger partial charge in [0.1, 0.15) is 11.4 Å². The van der Waals surface area contributed by atoms with Crippen molar-refractivity contribution >= 4 is 11.6 Å². The molecule has 1 aromatic carbocycles. The third-order valence-electron chi connectivity index (χ3n) is 4.77. The van der Waals surface area contributed by atoms with E-state index in [2.05, 4.69) is 26.1 Å². The number of hydrogen-bond donors (Lipinski definition) is 1. The molecule has 0 aliphatic heterocycles. The number of carbonyl (C=O) groups excluding carboxylic acids is 1. The smallest absolute Gasteiger partial charge is 0.256 e. The van der Waals surface area contributed by atoms with Crippen LogP contribution in [0.1, 0.15) is 52.0 Å². The fraction of sp³-hybridized carbons (Fsp3) is 0.650. The maximum Gasteiger partial charge on any atom is 0.256 e. The number of anilines is 1. The van der Waals surface area contributed by atoms with Crippen LogP contribution in [-0.2, 0) is 9.53 Å². The normalized spacial score (nSPS) is 24.0. The third-order valence-corrected chi connectivity index (χ3v) is 4.77. The zero-order valence-corrected chi connectivity index (χ0v) is 15.6. The molecule has 1 aromatic rings. The van der Waals surface area contributed by atoms with Crippen LogP contribution in [0.2, 0.25) is 0 Å². The predicted molar refractivity (Wildman–Crippen MR) is 97.5 cm³/mol. The highest BCUT2D eigenvalue weighted by Gasteiger charge is 2.42. The molecule has 4 nitrogen and oxygen atoms in total. The standard InChI is InChI=1S/C20H31NO3/c1-14(2)13-24-18-9-8-17(11-16(18)4)21-19(22)20(23-5)10-6-7-15(3)12-20/h8-9,11,14-15H,6-7,10,12-13H2,1-5H3,(H,21,22). The molecule has 0 spiro atoms. The van der Waals surface area contributed by atoms with E-state index in [0.717, 1.165) is 36.3 Å². The minimum Gasteiger partial charge on any atom is -0.493 e. The van der Waals surface area contributed by atoms with Gasteiger partial charge in [-0.15, -0.1) is 0 Å². The largest absolute Gasteiger partial charge is 0.493 e. The van der Waals surface area contributed by atoms with Crippen LogP contribution in [0, 0.1) is 18.8 Å². The number of hydrogen-bond acceptors (Lipinski definition) is 3. The van der Waals surface area contributed by atoms with Crippen LogP contribution < -0.4 is 10.1 Å². The van der Waals surface area contributed by atoms with Gasteiger partial charge in [0.05, 0.1) is 6.61 Å². The van der Waals surface area contributed by atoms with Crippen molar-refractivity contribution < 1.29 is 14.3 Å². The monoisotopic (exact) mass is 333 g/mol. The second-order valence-corrected chi connectivity index (χ2v) is 7.54. The predicted octanol–water partition coefficient (Wildman–Crippen LogP) is 4.56. The van der Waals surface area contributed by atoms with Gasteiger partial charge >= 0.3 is 0 Å². The second-order valence-electron chi connectivity index (χ2n) is 7.54. The van der Waals surface area contributed by atoms with Crippen molar-refractivity contribution in [3.63, 3.8) is 0 Å². The molecule has 1 amide bonds. The van der Waals surface area contributed by atoms with Crippen molar-refractivity contribution in [2.24, 2.45) is 11.8 Å². The summed E-state index contributed by atoms with van der Waals surface area (Å²) >= 11 is 0. The quantitative estimate of drug-likeness (QED) is 0.830. The van der Waals surface area contributed by atoms with E-state index >= 15 is 0 Å². The highest BCUT2D eigenvalue weighted by molar-refractivity contribution is 5.97. The summed E-state index contributed by atoms with van der Waals surface area (Å²) in [7, 11) is 1.64. The van der Waals surface area contributed by atoms with E-state index in [1.165, 1.54) is 6.42 Å². The Hall–Kier alpha value is -1.55. The average Bonchev–Trinajstić information content (AvgIpc) is 2.53. The van der Waals surface area contributed by atoms with Gasteiger partial charge in [0.15, 0.2) is 0 Å². The Morgan fingerprint density at radius 3 is 2.75 bits per heavy atom. The summed E-state index contributed by atoms with van der Waals surface area (Å²) in [5.74, 6) is 1.83. The number of rotatable bonds is 6. The van der Waals surface area contributed by atoms with Crippen molar-refractivity contribution in [1.82, 2.24) is 0 Å². The van der Waals surface area contributed by atoms with Gasteiger partial charge in [-0.25, -0.2) is 0 Å². The van der Waals surface area contributed by atoms with Crippen molar-refractivity contribution in [3.05, 3.63) is 23.8 Å². The van der Waals surface area contributed by atoms with Gasteiger partial charge < -0.3 is 14.8 Å². The van der Waals surface area contributed by atoms with E-state index in [9.17, 15) is 4.79 Å². The summed E-state index contributed by atoms with van der Waals surface area (Å²) in [6.45, 7) is 9.13. The molecule has 134 valence electrons. The molecule has 4 heteroatoms. The molecule has 0 bridgehead atoms. The molecule has 1 fully saturated rings. The fourth-order valence-electron chi connectivity index (χ4n) is 3.38. The number of nitrogens with one attached hydrogen (secondary N) is 1. The first-order chi connectivity index (χ1) is 11.4. The molecule has 0 aromatic heterocycles. The Kier molecular flexibility index (Phi) is 6.27. The summed E-state index contributed by atoms with van der Waals surface area (Å²) in [5.41, 5.74) is 1.12. The molecule has 1 saturated carbocycles. The number of ether oxygens (including phenoxy) is 2. The van der Waals surface area contributed by atoms with E-state index in [1.807, 2.05) is 25.1 Å². The molecule has 1 aliphatic rings. The van der Waals surface area contributed by atoms with Crippen molar-refractivity contribution in [2.75, 3.05) is 19.0 Å². The molecule has 1 aliphatic carbocycles. The molecule has 0 heterocycles. The summed E-state index contributed by atoms with van der Waals surface area (Å²) in [5, 5.41) is 3.04. The maximum atomic E-state index is 12.8. The Bertz CT molecular complexity index is 570. The molecule has 0 saturated heterocycles. The van der Waals surface area contributed by atoms with Crippen LogP contribution in [0.15, 0.2) is 18.2 Å². The van der Waals surface area contributed by atoms with Gasteiger partial charge in [-0.2, -0.15) is 0 Å². The van der Waals surface area contributed by atoms with E-state index in [0.29, 0.717) is 18.4 Å². The summed E-state index contributed by atoms with van der Waals surface area (Å²) in [6.07, 6.45) is 3.76. The zero-order valence-electron chi connectivity index (χ0n) is 15.6. The van der Waals surface area contributed by atoms with Gasteiger partial charge in [-0.1, -0.05) is 27.2 Å². The number of methoxy groups -OCH3 is 1. The van der Waals surface area contributed by atoms with Crippen LogP contribution in [-0.4, -0.2) is 25.2 Å².